The van der Waals surface area contributed by atoms with Crippen LogP contribution in [0.3, 0.4) is 0 Å². The van der Waals surface area contributed by atoms with E-state index in [0.29, 0.717) is 28.0 Å². The van der Waals surface area contributed by atoms with E-state index >= 15 is 0 Å². The molecule has 0 aliphatic carbocycles. The average Bonchev–Trinajstić information content (AvgIpc) is 3.18. The molecule has 152 valence electrons. The van der Waals surface area contributed by atoms with Crippen LogP contribution >= 0.6 is 11.6 Å². The Morgan fingerprint density at radius 1 is 1.00 bits per heavy atom. The Labute approximate surface area is 181 Å². The normalized spacial score (nSPS) is 11.3. The van der Waals surface area contributed by atoms with Crippen molar-refractivity contribution in [1.29, 1.82) is 0 Å². The molecule has 0 atom stereocenters. The fraction of sp³-hybridized carbons (Fsp3) is 0.0417. The lowest BCUT2D eigenvalue weighted by molar-refractivity contribution is 0.0687. The molecule has 0 aliphatic heterocycles. The zero-order chi connectivity index (χ0) is 21.5. The van der Waals surface area contributed by atoms with Crippen LogP contribution in [-0.2, 0) is 6.42 Å². The van der Waals surface area contributed by atoms with Crippen molar-refractivity contribution in [1.82, 2.24) is 14.8 Å². The number of carbonyl (C=O) groups is 1. The van der Waals surface area contributed by atoms with Gasteiger partial charge in [0.05, 0.1) is 5.69 Å². The summed E-state index contributed by atoms with van der Waals surface area (Å²) in [7, 11) is 0. The summed E-state index contributed by atoms with van der Waals surface area (Å²) < 4.78 is 1.17. The number of aromatic amines is 1. The Morgan fingerprint density at radius 2 is 1.77 bits per heavy atom. The first-order valence-corrected chi connectivity index (χ1v) is 10.00. The SMILES string of the molecule is O=C(O)c1cc(Cc2cccc3ccccc23)nn1-c1cc2c(Cl)cccc2[nH]c1=O. The number of nitrogens with one attached hydrogen (secondary N) is 1. The Balaban J connectivity index is 1.65. The molecular formula is C24H16ClN3O3. The van der Waals surface area contributed by atoms with E-state index in [0.717, 1.165) is 16.3 Å². The Morgan fingerprint density at radius 3 is 2.61 bits per heavy atom. The molecule has 5 rings (SSSR count). The van der Waals surface area contributed by atoms with E-state index in [1.807, 2.05) is 42.5 Å². The van der Waals surface area contributed by atoms with Gasteiger partial charge < -0.3 is 10.1 Å². The van der Waals surface area contributed by atoms with Gasteiger partial charge in [-0.2, -0.15) is 5.10 Å². The maximum absolute atomic E-state index is 12.7. The molecule has 0 bridgehead atoms. The maximum Gasteiger partial charge on any atom is 0.354 e. The smallest absolute Gasteiger partial charge is 0.354 e. The minimum atomic E-state index is -1.17. The van der Waals surface area contributed by atoms with Crippen LogP contribution in [0.1, 0.15) is 21.7 Å². The number of nitrogens with zero attached hydrogens (tertiary/aromatic N) is 2. The van der Waals surface area contributed by atoms with Gasteiger partial charge in [0.25, 0.3) is 5.56 Å². The van der Waals surface area contributed by atoms with E-state index in [9.17, 15) is 14.7 Å². The topological polar surface area (TPSA) is 88.0 Å². The van der Waals surface area contributed by atoms with Crippen LogP contribution < -0.4 is 5.56 Å². The molecule has 0 spiro atoms. The molecule has 31 heavy (non-hydrogen) atoms. The fourth-order valence-corrected chi connectivity index (χ4v) is 4.06. The number of hydrogen-bond donors (Lipinski definition) is 2. The fourth-order valence-electron chi connectivity index (χ4n) is 3.83. The molecule has 0 amide bonds. The number of carboxylic acids is 1. The highest BCUT2D eigenvalue weighted by Gasteiger charge is 2.19. The zero-order valence-electron chi connectivity index (χ0n) is 16.2. The second-order valence-corrected chi connectivity index (χ2v) is 7.64. The Kier molecular flexibility index (Phi) is 4.56. The predicted octanol–water partition coefficient (Wildman–Crippen LogP) is 4.81. The molecule has 0 unspecified atom stereocenters. The van der Waals surface area contributed by atoms with Crippen LogP contribution in [0.5, 0.6) is 0 Å². The van der Waals surface area contributed by atoms with Gasteiger partial charge in [0.15, 0.2) is 5.69 Å². The van der Waals surface area contributed by atoms with Gasteiger partial charge in [0, 0.05) is 22.3 Å². The molecular weight excluding hydrogens is 414 g/mol. The highest BCUT2D eigenvalue weighted by Crippen LogP contribution is 2.24. The lowest BCUT2D eigenvalue weighted by Gasteiger charge is -2.07. The van der Waals surface area contributed by atoms with E-state index < -0.39 is 11.5 Å². The summed E-state index contributed by atoms with van der Waals surface area (Å²) in [6.07, 6.45) is 0.431. The number of pyridine rings is 1. The summed E-state index contributed by atoms with van der Waals surface area (Å²) in [6.45, 7) is 0. The lowest BCUT2D eigenvalue weighted by Crippen LogP contribution is -2.19. The van der Waals surface area contributed by atoms with E-state index in [1.54, 1.807) is 24.3 Å². The molecule has 0 saturated carbocycles. The van der Waals surface area contributed by atoms with Crippen molar-refractivity contribution >= 4 is 39.2 Å². The number of halogens is 1. The van der Waals surface area contributed by atoms with E-state index in [2.05, 4.69) is 10.1 Å². The van der Waals surface area contributed by atoms with Crippen LogP contribution in [0, 0.1) is 0 Å². The summed E-state index contributed by atoms with van der Waals surface area (Å²) in [5.41, 5.74) is 1.70. The quantitative estimate of drug-likeness (QED) is 0.429. The van der Waals surface area contributed by atoms with E-state index in [4.69, 9.17) is 11.6 Å². The molecule has 0 aliphatic rings. The molecule has 2 N–H and O–H groups in total. The zero-order valence-corrected chi connectivity index (χ0v) is 16.9. The molecule has 6 nitrogen and oxygen atoms in total. The molecule has 2 aromatic heterocycles. The first-order valence-electron chi connectivity index (χ1n) is 9.62. The monoisotopic (exact) mass is 429 g/mol. The third-order valence-electron chi connectivity index (χ3n) is 5.27. The molecule has 3 aromatic carbocycles. The van der Waals surface area contributed by atoms with Crippen molar-refractivity contribution in [2.75, 3.05) is 0 Å². The maximum atomic E-state index is 12.7. The average molecular weight is 430 g/mol. The summed E-state index contributed by atoms with van der Waals surface area (Å²) in [5, 5.41) is 17.4. The summed E-state index contributed by atoms with van der Waals surface area (Å²) >= 11 is 6.27. The van der Waals surface area contributed by atoms with Gasteiger partial charge in [-0.15, -0.1) is 0 Å². The summed E-state index contributed by atoms with van der Waals surface area (Å²) in [5.74, 6) is -1.17. The second kappa shape index (κ2) is 7.41. The van der Waals surface area contributed by atoms with Crippen LogP contribution in [0.4, 0.5) is 0 Å². The largest absolute Gasteiger partial charge is 0.477 e. The van der Waals surface area contributed by atoms with Crippen molar-refractivity contribution < 1.29 is 9.90 Å². The predicted molar refractivity (Wildman–Crippen MR) is 120 cm³/mol. The van der Waals surface area contributed by atoms with Gasteiger partial charge in [-0.3, -0.25) is 4.79 Å². The van der Waals surface area contributed by atoms with Gasteiger partial charge in [-0.1, -0.05) is 60.1 Å². The molecule has 5 aromatic rings. The lowest BCUT2D eigenvalue weighted by atomic mass is 10.0. The van der Waals surface area contributed by atoms with Crippen molar-refractivity contribution in [3.63, 3.8) is 0 Å². The molecule has 0 fully saturated rings. The molecule has 0 radical (unpaired) electrons. The molecule has 2 heterocycles. The van der Waals surface area contributed by atoms with Gasteiger partial charge in [-0.25, -0.2) is 9.48 Å². The number of hydrogen-bond acceptors (Lipinski definition) is 3. The van der Waals surface area contributed by atoms with Crippen molar-refractivity contribution in [3.8, 4) is 5.69 Å². The first-order chi connectivity index (χ1) is 15.0. The first kappa shape index (κ1) is 19.1. The Bertz CT molecular complexity index is 1530. The highest BCUT2D eigenvalue weighted by atomic mass is 35.5. The minimum absolute atomic E-state index is 0.0906. The molecule has 7 heteroatoms. The van der Waals surface area contributed by atoms with Crippen LogP contribution in [0.15, 0.2) is 77.6 Å². The number of aromatic carboxylic acids is 1. The Hall–Kier alpha value is -3.90. The van der Waals surface area contributed by atoms with E-state index in [1.165, 1.54) is 10.7 Å². The summed E-state index contributed by atoms with van der Waals surface area (Å²) in [4.78, 5) is 27.4. The summed E-state index contributed by atoms with van der Waals surface area (Å²) in [6, 6.07) is 22.2. The number of fused-ring (bicyclic) bond motifs is 2. The molecule has 0 saturated heterocycles. The van der Waals surface area contributed by atoms with E-state index in [-0.39, 0.29) is 11.4 Å². The van der Waals surface area contributed by atoms with Crippen LogP contribution in [-0.4, -0.2) is 25.8 Å². The van der Waals surface area contributed by atoms with Crippen molar-refractivity contribution in [2.24, 2.45) is 0 Å². The minimum Gasteiger partial charge on any atom is -0.477 e. The number of H-pyrrole nitrogens is 1. The van der Waals surface area contributed by atoms with Crippen molar-refractivity contribution in [3.05, 3.63) is 105 Å². The van der Waals surface area contributed by atoms with Crippen LogP contribution in [0.2, 0.25) is 5.02 Å². The number of carboxylic acid groups (broad SMARTS) is 1. The second-order valence-electron chi connectivity index (χ2n) is 7.24. The number of rotatable bonds is 4. The standard InChI is InChI=1S/C24H16ClN3O3/c25-19-9-4-10-20-18(19)13-21(23(29)26-20)28-22(24(30)31)12-16(27-28)11-15-7-3-6-14-5-1-2-8-17(14)15/h1-10,12-13H,11H2,(H,26,29)(H,30,31). The number of aromatic nitrogens is 3. The van der Waals surface area contributed by atoms with Crippen molar-refractivity contribution in [2.45, 2.75) is 6.42 Å². The number of benzene rings is 3. The third kappa shape index (κ3) is 3.37. The van der Waals surface area contributed by atoms with Gasteiger partial charge in [0.2, 0.25) is 0 Å². The van der Waals surface area contributed by atoms with Gasteiger partial charge in [-0.05, 0) is 40.6 Å². The highest BCUT2D eigenvalue weighted by molar-refractivity contribution is 6.35. The van der Waals surface area contributed by atoms with Crippen LogP contribution in [0.25, 0.3) is 27.4 Å². The van der Waals surface area contributed by atoms with Gasteiger partial charge in [0.1, 0.15) is 5.69 Å². The van der Waals surface area contributed by atoms with Gasteiger partial charge >= 0.3 is 5.97 Å². The third-order valence-corrected chi connectivity index (χ3v) is 5.60.